The van der Waals surface area contributed by atoms with Crippen LogP contribution in [-0.4, -0.2) is 32.1 Å². The molecule has 25 heavy (non-hydrogen) atoms. The molecule has 0 saturated carbocycles. The number of allylic oxidation sites excluding steroid dienone is 1. The zero-order valence-electron chi connectivity index (χ0n) is 13.5. The molecule has 0 aliphatic carbocycles. The third-order valence-corrected chi connectivity index (χ3v) is 6.41. The minimum atomic E-state index is -3.93. The molecule has 5 nitrogen and oxygen atoms in total. The van der Waals surface area contributed by atoms with Gasteiger partial charge in [0.25, 0.3) is 0 Å². The van der Waals surface area contributed by atoms with E-state index < -0.39 is 20.7 Å². The number of esters is 1. The van der Waals surface area contributed by atoms with Crippen LogP contribution in [0.4, 0.5) is 0 Å². The predicted octanol–water partition coefficient (Wildman–Crippen LogP) is 3.56. The van der Waals surface area contributed by atoms with Crippen molar-refractivity contribution in [3.8, 4) is 0 Å². The Morgan fingerprint density at radius 1 is 1.20 bits per heavy atom. The molecule has 2 aromatic carbocycles. The topological polar surface area (TPSA) is 72.8 Å². The van der Waals surface area contributed by atoms with Crippen LogP contribution in [0.3, 0.4) is 0 Å². The van der Waals surface area contributed by atoms with E-state index in [9.17, 15) is 13.2 Å². The Bertz CT molecular complexity index is 983. The van der Waals surface area contributed by atoms with E-state index in [1.807, 2.05) is 0 Å². The van der Waals surface area contributed by atoms with Gasteiger partial charge in [-0.1, -0.05) is 23.7 Å². The number of carbonyl (C=O) groups excluding carboxylic acids is 1. The maximum Gasteiger partial charge on any atom is 0.309 e. The van der Waals surface area contributed by atoms with E-state index in [0.29, 0.717) is 5.02 Å². The molecule has 1 aliphatic rings. The molecular weight excluding hydrogens is 362 g/mol. The third kappa shape index (κ3) is 3.19. The SMILES string of the molecule is CCOC(=O)CC1(S(=O)(=O)c2ccc3cc(Cl)ccc3c2)C=CC=N1. The second-order valence-electron chi connectivity index (χ2n) is 5.62. The van der Waals surface area contributed by atoms with Crippen LogP contribution >= 0.6 is 11.6 Å². The summed E-state index contributed by atoms with van der Waals surface area (Å²) < 4.78 is 31.3. The Morgan fingerprint density at radius 3 is 2.60 bits per heavy atom. The smallest absolute Gasteiger partial charge is 0.309 e. The van der Waals surface area contributed by atoms with Gasteiger partial charge in [0.2, 0.25) is 9.84 Å². The number of carbonyl (C=O) groups is 1. The molecule has 0 radical (unpaired) electrons. The van der Waals surface area contributed by atoms with Gasteiger partial charge >= 0.3 is 5.97 Å². The Balaban J connectivity index is 2.07. The molecule has 3 rings (SSSR count). The number of halogens is 1. The van der Waals surface area contributed by atoms with E-state index in [1.165, 1.54) is 24.4 Å². The predicted molar refractivity (Wildman–Crippen MR) is 97.8 cm³/mol. The summed E-state index contributed by atoms with van der Waals surface area (Å²) in [6, 6.07) is 9.97. The van der Waals surface area contributed by atoms with Crippen molar-refractivity contribution in [2.75, 3.05) is 6.61 Å². The first kappa shape index (κ1) is 17.6. The lowest BCUT2D eigenvalue weighted by Crippen LogP contribution is -2.36. The lowest BCUT2D eigenvalue weighted by atomic mass is 10.1. The molecule has 0 bridgehead atoms. The van der Waals surface area contributed by atoms with Crippen molar-refractivity contribution in [3.63, 3.8) is 0 Å². The number of sulfone groups is 1. The van der Waals surface area contributed by atoms with Gasteiger partial charge in [-0.2, -0.15) is 0 Å². The van der Waals surface area contributed by atoms with Crippen LogP contribution in [0.25, 0.3) is 10.8 Å². The summed E-state index contributed by atoms with van der Waals surface area (Å²) in [5, 5.41) is 2.14. The van der Waals surface area contributed by atoms with Crippen molar-refractivity contribution in [1.29, 1.82) is 0 Å². The van der Waals surface area contributed by atoms with Crippen LogP contribution in [0.1, 0.15) is 13.3 Å². The number of aliphatic imine (C=N–C) groups is 1. The minimum Gasteiger partial charge on any atom is -0.466 e. The lowest BCUT2D eigenvalue weighted by Gasteiger charge is -2.23. The van der Waals surface area contributed by atoms with Crippen molar-refractivity contribution in [2.45, 2.75) is 23.1 Å². The summed E-state index contributed by atoms with van der Waals surface area (Å²) in [4.78, 5) is 14.4. The van der Waals surface area contributed by atoms with Crippen molar-refractivity contribution < 1.29 is 17.9 Å². The molecule has 1 aliphatic heterocycles. The van der Waals surface area contributed by atoms with Crippen molar-refractivity contribution >= 4 is 44.4 Å². The zero-order valence-corrected chi connectivity index (χ0v) is 15.0. The molecule has 0 spiro atoms. The number of fused-ring (bicyclic) bond motifs is 1. The van der Waals surface area contributed by atoms with Crippen LogP contribution in [0.15, 0.2) is 58.4 Å². The highest BCUT2D eigenvalue weighted by Gasteiger charge is 2.45. The average Bonchev–Trinajstić information content (AvgIpc) is 3.04. The fourth-order valence-electron chi connectivity index (χ4n) is 2.75. The molecule has 1 heterocycles. The summed E-state index contributed by atoms with van der Waals surface area (Å²) in [5.41, 5.74) is 0. The van der Waals surface area contributed by atoms with Crippen LogP contribution in [0.5, 0.6) is 0 Å². The maximum atomic E-state index is 13.2. The van der Waals surface area contributed by atoms with Crippen molar-refractivity contribution in [2.24, 2.45) is 4.99 Å². The number of benzene rings is 2. The standard InChI is InChI=1S/C18H16ClNO4S/c1-2-24-17(21)12-18(8-3-9-20-18)25(22,23)16-7-5-13-10-15(19)6-4-14(13)11-16/h3-11H,2,12H2,1H3. The maximum absolute atomic E-state index is 13.2. The minimum absolute atomic E-state index is 0.0929. The Labute approximate surface area is 150 Å². The highest BCUT2D eigenvalue weighted by atomic mass is 35.5. The van der Waals surface area contributed by atoms with Gasteiger partial charge in [-0.05, 0) is 54.1 Å². The highest BCUT2D eigenvalue weighted by molar-refractivity contribution is 7.93. The van der Waals surface area contributed by atoms with Crippen LogP contribution < -0.4 is 0 Å². The molecule has 0 amide bonds. The normalized spacial score (nSPS) is 19.4. The van der Waals surface area contributed by atoms with E-state index in [2.05, 4.69) is 4.99 Å². The van der Waals surface area contributed by atoms with Crippen molar-refractivity contribution in [3.05, 3.63) is 53.6 Å². The Kier molecular flexibility index (Phi) is 4.67. The first-order chi connectivity index (χ1) is 11.9. The fourth-order valence-corrected chi connectivity index (χ4v) is 4.63. The van der Waals surface area contributed by atoms with Gasteiger partial charge in [-0.15, -0.1) is 0 Å². The molecule has 1 atom stereocenters. The second kappa shape index (κ2) is 6.61. The van der Waals surface area contributed by atoms with E-state index in [4.69, 9.17) is 16.3 Å². The average molecular weight is 378 g/mol. The molecule has 0 fully saturated rings. The molecule has 0 N–H and O–H groups in total. The van der Waals surface area contributed by atoms with E-state index in [0.717, 1.165) is 10.8 Å². The summed E-state index contributed by atoms with van der Waals surface area (Å²) in [7, 11) is -3.93. The van der Waals surface area contributed by atoms with Gasteiger partial charge < -0.3 is 4.74 Å². The van der Waals surface area contributed by atoms with Crippen LogP contribution in [-0.2, 0) is 19.4 Å². The summed E-state index contributed by atoms with van der Waals surface area (Å²) >= 11 is 5.96. The van der Waals surface area contributed by atoms with Crippen LogP contribution in [0, 0.1) is 0 Å². The quantitative estimate of drug-likeness (QED) is 0.747. The van der Waals surface area contributed by atoms with Gasteiger partial charge in [0.15, 0.2) is 4.87 Å². The van der Waals surface area contributed by atoms with Crippen LogP contribution in [0.2, 0.25) is 5.02 Å². The summed E-state index contributed by atoms with van der Waals surface area (Å²) in [6.07, 6.45) is 3.97. The van der Waals surface area contributed by atoms with Gasteiger partial charge in [-0.25, -0.2) is 8.42 Å². The van der Waals surface area contributed by atoms with Crippen molar-refractivity contribution in [1.82, 2.24) is 0 Å². The number of nitrogens with zero attached hydrogens (tertiary/aromatic N) is 1. The fraction of sp³-hybridized carbons (Fsp3) is 0.222. The van der Waals surface area contributed by atoms with Gasteiger partial charge in [0, 0.05) is 11.2 Å². The number of hydrogen-bond donors (Lipinski definition) is 0. The number of hydrogen-bond acceptors (Lipinski definition) is 5. The van der Waals surface area contributed by atoms with Gasteiger partial charge in [-0.3, -0.25) is 9.79 Å². The first-order valence-corrected chi connectivity index (χ1v) is 9.57. The summed E-state index contributed by atoms with van der Waals surface area (Å²) in [5.74, 6) is -0.609. The Hall–Kier alpha value is -2.18. The monoisotopic (exact) mass is 377 g/mol. The zero-order chi connectivity index (χ0) is 18.1. The molecule has 0 aromatic heterocycles. The lowest BCUT2D eigenvalue weighted by molar-refractivity contribution is -0.143. The molecule has 2 aromatic rings. The molecule has 0 saturated heterocycles. The number of ether oxygens (including phenoxy) is 1. The first-order valence-electron chi connectivity index (χ1n) is 7.70. The van der Waals surface area contributed by atoms with Gasteiger partial charge in [0.1, 0.15) is 0 Å². The second-order valence-corrected chi connectivity index (χ2v) is 8.24. The summed E-state index contributed by atoms with van der Waals surface area (Å²) in [6.45, 7) is 1.85. The Morgan fingerprint density at radius 2 is 1.92 bits per heavy atom. The largest absolute Gasteiger partial charge is 0.466 e. The number of rotatable bonds is 5. The van der Waals surface area contributed by atoms with Gasteiger partial charge in [0.05, 0.1) is 17.9 Å². The van der Waals surface area contributed by atoms with E-state index >= 15 is 0 Å². The highest BCUT2D eigenvalue weighted by Crippen LogP contribution is 2.35. The molecule has 1 unspecified atom stereocenters. The molecule has 130 valence electrons. The van der Waals surface area contributed by atoms with E-state index in [1.54, 1.807) is 37.3 Å². The third-order valence-electron chi connectivity index (χ3n) is 3.99. The molecule has 7 heteroatoms. The van der Waals surface area contributed by atoms with E-state index in [-0.39, 0.29) is 17.9 Å². The molecular formula is C18H16ClNO4S.